The van der Waals surface area contributed by atoms with Crippen LogP contribution in [0.5, 0.6) is 5.75 Å². The molecule has 0 bridgehead atoms. The van der Waals surface area contributed by atoms with Crippen LogP contribution in [-0.2, 0) is 10.7 Å². The summed E-state index contributed by atoms with van der Waals surface area (Å²) in [5.74, 6) is 0.329. The van der Waals surface area contributed by atoms with Crippen LogP contribution in [0.1, 0.15) is 31.9 Å². The van der Waals surface area contributed by atoms with Gasteiger partial charge in [-0.05, 0) is 33.0 Å². The van der Waals surface area contributed by atoms with Gasteiger partial charge in [0.25, 0.3) is 0 Å². The Kier molecular flexibility index (Phi) is 3.64. The molecular weight excluding hydrogens is 308 g/mol. The maximum atomic E-state index is 9.71. The van der Waals surface area contributed by atoms with Crippen LogP contribution < -0.4 is 0 Å². The average Bonchev–Trinajstić information content (AvgIpc) is 2.07. The summed E-state index contributed by atoms with van der Waals surface area (Å²) in [5, 5.41) is 10.4. The highest BCUT2D eigenvalue weighted by atomic mass is 79.9. The molecule has 0 aromatic heterocycles. The van der Waals surface area contributed by atoms with Gasteiger partial charge in [0.2, 0.25) is 0 Å². The zero-order chi connectivity index (χ0) is 10.9. The Hall–Kier alpha value is -0.0200. The summed E-state index contributed by atoms with van der Waals surface area (Å²) < 4.78 is 0.763. The van der Waals surface area contributed by atoms with Gasteiger partial charge in [-0.3, -0.25) is 0 Å². The quantitative estimate of drug-likeness (QED) is 0.762. The summed E-state index contributed by atoms with van der Waals surface area (Å²) in [5.41, 5.74) is 2.24. The lowest BCUT2D eigenvalue weighted by atomic mass is 9.86. The van der Waals surface area contributed by atoms with Gasteiger partial charge in [-0.2, -0.15) is 0 Å². The van der Waals surface area contributed by atoms with E-state index in [0.29, 0.717) is 11.1 Å². The van der Waals surface area contributed by atoms with E-state index in [1.807, 2.05) is 12.1 Å². The number of hydrogen-bond donors (Lipinski definition) is 1. The predicted molar refractivity (Wildman–Crippen MR) is 67.1 cm³/mol. The van der Waals surface area contributed by atoms with Gasteiger partial charge in [0, 0.05) is 10.9 Å². The van der Waals surface area contributed by atoms with Crippen molar-refractivity contribution < 1.29 is 5.11 Å². The van der Waals surface area contributed by atoms with Crippen LogP contribution >= 0.6 is 31.9 Å². The van der Waals surface area contributed by atoms with Crippen LogP contribution in [0.3, 0.4) is 0 Å². The topological polar surface area (TPSA) is 20.2 Å². The Morgan fingerprint density at radius 2 is 1.86 bits per heavy atom. The highest BCUT2D eigenvalue weighted by molar-refractivity contribution is 9.10. The second-order valence-corrected chi connectivity index (χ2v) is 5.76. The van der Waals surface area contributed by atoms with E-state index in [1.54, 1.807) is 0 Å². The van der Waals surface area contributed by atoms with Crippen molar-refractivity contribution in [3.8, 4) is 5.75 Å². The average molecular weight is 322 g/mol. The van der Waals surface area contributed by atoms with Crippen molar-refractivity contribution in [1.29, 1.82) is 0 Å². The molecule has 1 nitrogen and oxygen atoms in total. The third-order valence-electron chi connectivity index (χ3n) is 2.15. The molecule has 0 radical (unpaired) electrons. The first-order valence-corrected chi connectivity index (χ1v) is 6.35. The first-order chi connectivity index (χ1) is 6.36. The fraction of sp³-hybridized carbons (Fsp3) is 0.455. The fourth-order valence-corrected chi connectivity index (χ4v) is 2.12. The summed E-state index contributed by atoms with van der Waals surface area (Å²) >= 11 is 6.72. The molecular formula is C11H14Br2O. The molecule has 0 aliphatic carbocycles. The van der Waals surface area contributed by atoms with E-state index >= 15 is 0 Å². The third kappa shape index (κ3) is 2.51. The molecule has 0 atom stereocenters. The molecule has 0 aliphatic heterocycles. The summed E-state index contributed by atoms with van der Waals surface area (Å²) in [6, 6.07) is 4.01. The van der Waals surface area contributed by atoms with Crippen LogP contribution in [0.4, 0.5) is 0 Å². The Morgan fingerprint density at radius 1 is 1.29 bits per heavy atom. The van der Waals surface area contributed by atoms with Gasteiger partial charge in [-0.25, -0.2) is 0 Å². The summed E-state index contributed by atoms with van der Waals surface area (Å²) in [6.07, 6.45) is 0. The van der Waals surface area contributed by atoms with E-state index in [1.165, 1.54) is 5.56 Å². The SMILES string of the molecule is CC(C)(C)c1cc(Br)c(O)c(CBr)c1. The predicted octanol–water partition coefficient (Wildman–Crippen LogP) is 4.35. The third-order valence-corrected chi connectivity index (χ3v) is 3.36. The van der Waals surface area contributed by atoms with Crippen molar-refractivity contribution in [2.24, 2.45) is 0 Å². The monoisotopic (exact) mass is 320 g/mol. The maximum absolute atomic E-state index is 9.71. The molecule has 0 fully saturated rings. The highest BCUT2D eigenvalue weighted by Gasteiger charge is 2.17. The summed E-state index contributed by atoms with van der Waals surface area (Å²) in [4.78, 5) is 0. The number of halogens is 2. The lowest BCUT2D eigenvalue weighted by Crippen LogP contribution is -2.11. The second-order valence-electron chi connectivity index (χ2n) is 4.35. The zero-order valence-electron chi connectivity index (χ0n) is 8.56. The lowest BCUT2D eigenvalue weighted by molar-refractivity contribution is 0.465. The van der Waals surface area contributed by atoms with E-state index in [2.05, 4.69) is 52.6 Å². The standard InChI is InChI=1S/C11H14Br2O/c1-11(2,3)8-4-7(6-12)10(14)9(13)5-8/h4-5,14H,6H2,1-3H3. The number of phenols is 1. The molecule has 0 aliphatic rings. The second kappa shape index (κ2) is 4.23. The van der Waals surface area contributed by atoms with E-state index in [9.17, 15) is 5.11 Å². The minimum atomic E-state index is 0.104. The van der Waals surface area contributed by atoms with Crippen molar-refractivity contribution in [3.05, 3.63) is 27.7 Å². The molecule has 14 heavy (non-hydrogen) atoms. The van der Waals surface area contributed by atoms with Crippen LogP contribution in [-0.4, -0.2) is 5.11 Å². The smallest absolute Gasteiger partial charge is 0.133 e. The van der Waals surface area contributed by atoms with E-state index in [-0.39, 0.29) is 5.41 Å². The first-order valence-electron chi connectivity index (χ1n) is 4.44. The molecule has 1 N–H and O–H groups in total. The molecule has 1 rings (SSSR count). The summed E-state index contributed by atoms with van der Waals surface area (Å²) in [6.45, 7) is 6.47. The van der Waals surface area contributed by atoms with Crippen molar-refractivity contribution in [2.75, 3.05) is 0 Å². The Morgan fingerprint density at radius 3 is 2.29 bits per heavy atom. The summed E-state index contributed by atoms with van der Waals surface area (Å²) in [7, 11) is 0. The molecule has 3 heteroatoms. The molecule has 1 aromatic rings. The van der Waals surface area contributed by atoms with E-state index in [4.69, 9.17) is 0 Å². The number of rotatable bonds is 1. The van der Waals surface area contributed by atoms with Crippen molar-refractivity contribution in [1.82, 2.24) is 0 Å². The molecule has 0 heterocycles. The van der Waals surface area contributed by atoms with Gasteiger partial charge in [-0.15, -0.1) is 0 Å². The largest absolute Gasteiger partial charge is 0.506 e. The molecule has 0 saturated heterocycles. The van der Waals surface area contributed by atoms with Crippen molar-refractivity contribution in [2.45, 2.75) is 31.5 Å². The van der Waals surface area contributed by atoms with Crippen LogP contribution in [0.25, 0.3) is 0 Å². The molecule has 0 saturated carbocycles. The fourth-order valence-electron chi connectivity index (χ4n) is 1.19. The van der Waals surface area contributed by atoms with Crippen molar-refractivity contribution >= 4 is 31.9 Å². The molecule has 0 spiro atoms. The lowest BCUT2D eigenvalue weighted by Gasteiger charge is -2.20. The number of hydrogen-bond acceptors (Lipinski definition) is 1. The number of benzene rings is 1. The Labute approximate surface area is 102 Å². The van der Waals surface area contributed by atoms with Crippen LogP contribution in [0.15, 0.2) is 16.6 Å². The Balaban J connectivity index is 3.30. The molecule has 78 valence electrons. The van der Waals surface area contributed by atoms with E-state index < -0.39 is 0 Å². The van der Waals surface area contributed by atoms with Gasteiger partial charge >= 0.3 is 0 Å². The van der Waals surface area contributed by atoms with Gasteiger partial charge in [0.1, 0.15) is 5.75 Å². The number of alkyl halides is 1. The minimum Gasteiger partial charge on any atom is -0.506 e. The van der Waals surface area contributed by atoms with Crippen LogP contribution in [0, 0.1) is 0 Å². The van der Waals surface area contributed by atoms with Gasteiger partial charge < -0.3 is 5.11 Å². The Bertz CT molecular complexity index is 340. The van der Waals surface area contributed by atoms with Crippen LogP contribution in [0.2, 0.25) is 0 Å². The zero-order valence-corrected chi connectivity index (χ0v) is 11.7. The minimum absolute atomic E-state index is 0.104. The normalized spacial score (nSPS) is 11.8. The first kappa shape index (κ1) is 12.1. The molecule has 0 unspecified atom stereocenters. The molecule has 0 amide bonds. The molecule has 1 aromatic carbocycles. The number of phenolic OH excluding ortho intramolecular Hbond substituents is 1. The maximum Gasteiger partial charge on any atom is 0.133 e. The highest BCUT2D eigenvalue weighted by Crippen LogP contribution is 2.35. The van der Waals surface area contributed by atoms with Gasteiger partial charge in [-0.1, -0.05) is 42.8 Å². The number of aromatic hydroxyl groups is 1. The van der Waals surface area contributed by atoms with Gasteiger partial charge in [0.15, 0.2) is 0 Å². The van der Waals surface area contributed by atoms with Crippen molar-refractivity contribution in [3.63, 3.8) is 0 Å². The van der Waals surface area contributed by atoms with Gasteiger partial charge in [0.05, 0.1) is 4.47 Å². The van der Waals surface area contributed by atoms with E-state index in [0.717, 1.165) is 10.0 Å².